The molecule has 0 radical (unpaired) electrons. The molecule has 1 aliphatic rings. The zero-order valence-corrected chi connectivity index (χ0v) is 12.1. The molecule has 3 nitrogen and oxygen atoms in total. The fourth-order valence-corrected chi connectivity index (χ4v) is 2.18. The minimum Gasteiger partial charge on any atom is -0.368 e. The summed E-state index contributed by atoms with van der Waals surface area (Å²) in [6.07, 6.45) is -0.675. The number of rotatable bonds is 5. The van der Waals surface area contributed by atoms with Crippen molar-refractivity contribution in [1.82, 2.24) is 9.88 Å². The third kappa shape index (κ3) is 4.07. The maximum atomic E-state index is 12.8. The van der Waals surface area contributed by atoms with Crippen LogP contribution in [0.15, 0.2) is 16.7 Å². The van der Waals surface area contributed by atoms with E-state index in [1.807, 2.05) is 7.05 Å². The molecule has 2 rings (SSSR count). The molecular weight excluding hydrogens is 323 g/mol. The highest BCUT2D eigenvalue weighted by Gasteiger charge is 2.34. The van der Waals surface area contributed by atoms with Crippen LogP contribution in [0.25, 0.3) is 0 Å². The van der Waals surface area contributed by atoms with Crippen LogP contribution in [0.1, 0.15) is 18.4 Å². The third-order valence-electron chi connectivity index (χ3n) is 3.09. The van der Waals surface area contributed by atoms with Crippen molar-refractivity contribution in [3.8, 4) is 0 Å². The topological polar surface area (TPSA) is 28.2 Å². The van der Waals surface area contributed by atoms with Gasteiger partial charge in [-0.25, -0.2) is 4.98 Å². The normalized spacial score (nSPS) is 15.9. The van der Waals surface area contributed by atoms with Gasteiger partial charge in [-0.2, -0.15) is 13.2 Å². The summed E-state index contributed by atoms with van der Waals surface area (Å²) in [6.45, 7) is 1.16. The Morgan fingerprint density at radius 2 is 2.16 bits per heavy atom. The van der Waals surface area contributed by atoms with Crippen LogP contribution in [0.2, 0.25) is 0 Å². The Hall–Kier alpha value is -0.820. The largest absolute Gasteiger partial charge is 0.419 e. The highest BCUT2D eigenvalue weighted by Crippen LogP contribution is 2.35. The van der Waals surface area contributed by atoms with Crippen LogP contribution in [-0.2, 0) is 6.18 Å². The highest BCUT2D eigenvalue weighted by atomic mass is 79.9. The number of hydrogen-bond donors (Lipinski definition) is 1. The summed E-state index contributed by atoms with van der Waals surface area (Å²) in [5, 5.41) is 2.77. The van der Waals surface area contributed by atoms with Gasteiger partial charge in [0.25, 0.3) is 0 Å². The minimum absolute atomic E-state index is 0.111. The Labute approximate surface area is 118 Å². The number of aromatic nitrogens is 1. The predicted molar refractivity (Wildman–Crippen MR) is 71.1 cm³/mol. The number of hydrogen-bond acceptors (Lipinski definition) is 3. The monoisotopic (exact) mass is 337 g/mol. The van der Waals surface area contributed by atoms with Gasteiger partial charge in [-0.05, 0) is 41.9 Å². The first-order valence-electron chi connectivity index (χ1n) is 6.05. The van der Waals surface area contributed by atoms with Gasteiger partial charge >= 0.3 is 6.18 Å². The highest BCUT2D eigenvalue weighted by molar-refractivity contribution is 9.10. The number of nitrogens with one attached hydrogen (secondary N) is 1. The van der Waals surface area contributed by atoms with Crippen molar-refractivity contribution in [3.05, 3.63) is 22.3 Å². The zero-order valence-electron chi connectivity index (χ0n) is 10.5. The lowest BCUT2D eigenvalue weighted by Gasteiger charge is -2.18. The Bertz CT molecular complexity index is 446. The maximum Gasteiger partial charge on any atom is 0.419 e. The lowest BCUT2D eigenvalue weighted by Crippen LogP contribution is -2.27. The van der Waals surface area contributed by atoms with Crippen LogP contribution in [0.5, 0.6) is 0 Å². The minimum atomic E-state index is -4.40. The van der Waals surface area contributed by atoms with E-state index in [4.69, 9.17) is 0 Å². The Balaban J connectivity index is 1.98. The van der Waals surface area contributed by atoms with Crippen LogP contribution in [-0.4, -0.2) is 36.1 Å². The van der Waals surface area contributed by atoms with Crippen molar-refractivity contribution in [2.24, 2.45) is 0 Å². The third-order valence-corrected chi connectivity index (χ3v) is 3.52. The van der Waals surface area contributed by atoms with E-state index in [9.17, 15) is 13.2 Å². The van der Waals surface area contributed by atoms with Crippen molar-refractivity contribution in [2.75, 3.05) is 25.5 Å². The van der Waals surface area contributed by atoms with E-state index >= 15 is 0 Å². The average Bonchev–Trinajstić information content (AvgIpc) is 3.13. The molecule has 0 aromatic carbocycles. The summed E-state index contributed by atoms with van der Waals surface area (Å²) in [7, 11) is 1.99. The molecule has 0 unspecified atom stereocenters. The van der Waals surface area contributed by atoms with Crippen LogP contribution in [0.4, 0.5) is 19.0 Å². The number of nitrogens with zero attached hydrogens (tertiary/aromatic N) is 2. The van der Waals surface area contributed by atoms with E-state index < -0.39 is 11.7 Å². The van der Waals surface area contributed by atoms with E-state index in [1.165, 1.54) is 19.0 Å². The van der Waals surface area contributed by atoms with Crippen molar-refractivity contribution in [1.29, 1.82) is 0 Å². The van der Waals surface area contributed by atoms with Crippen molar-refractivity contribution >= 4 is 21.7 Å². The standard InChI is InChI=1S/C12H15BrF3N3/c1-19(9-2-3-9)5-4-17-11-10(12(14,15)16)6-8(13)7-18-11/h6-7,9H,2-5H2,1H3,(H,17,18). The molecule has 0 amide bonds. The molecule has 1 fully saturated rings. The van der Waals surface area contributed by atoms with Gasteiger partial charge in [0.05, 0.1) is 5.56 Å². The fourth-order valence-electron chi connectivity index (χ4n) is 1.84. The van der Waals surface area contributed by atoms with Crippen molar-refractivity contribution < 1.29 is 13.2 Å². The molecule has 0 bridgehead atoms. The van der Waals surface area contributed by atoms with Crippen LogP contribution >= 0.6 is 15.9 Å². The Morgan fingerprint density at radius 3 is 2.74 bits per heavy atom. The maximum absolute atomic E-state index is 12.8. The van der Waals surface area contributed by atoms with Gasteiger partial charge in [0.2, 0.25) is 0 Å². The van der Waals surface area contributed by atoms with Gasteiger partial charge in [-0.1, -0.05) is 0 Å². The first-order chi connectivity index (χ1) is 8.88. The van der Waals surface area contributed by atoms with E-state index in [-0.39, 0.29) is 5.82 Å². The van der Waals surface area contributed by atoms with E-state index in [0.717, 1.165) is 6.07 Å². The summed E-state index contributed by atoms with van der Waals surface area (Å²) in [5.74, 6) is -0.111. The lowest BCUT2D eigenvalue weighted by molar-refractivity contribution is -0.137. The van der Waals surface area contributed by atoms with Gasteiger partial charge in [-0.3, -0.25) is 0 Å². The summed E-state index contributed by atoms with van der Waals surface area (Å²) >= 11 is 3.01. The van der Waals surface area contributed by atoms with Crippen LogP contribution in [0.3, 0.4) is 0 Å². The molecule has 1 N–H and O–H groups in total. The van der Waals surface area contributed by atoms with E-state index in [2.05, 4.69) is 31.1 Å². The van der Waals surface area contributed by atoms with Crippen LogP contribution in [0, 0.1) is 0 Å². The molecule has 19 heavy (non-hydrogen) atoms. The SMILES string of the molecule is CN(CCNc1ncc(Br)cc1C(F)(F)F)C1CC1. The Kier molecular flexibility index (Phi) is 4.35. The molecule has 1 heterocycles. The average molecular weight is 338 g/mol. The van der Waals surface area contributed by atoms with Crippen molar-refractivity contribution in [3.63, 3.8) is 0 Å². The molecule has 1 saturated carbocycles. The van der Waals surface area contributed by atoms with Crippen LogP contribution < -0.4 is 5.32 Å². The Morgan fingerprint density at radius 1 is 1.47 bits per heavy atom. The molecule has 0 atom stereocenters. The number of anilines is 1. The molecule has 1 aromatic rings. The van der Waals surface area contributed by atoms with Gasteiger partial charge in [-0.15, -0.1) is 0 Å². The second-order valence-corrected chi connectivity index (χ2v) is 5.60. The van der Waals surface area contributed by atoms with Crippen molar-refractivity contribution in [2.45, 2.75) is 25.1 Å². The zero-order chi connectivity index (χ0) is 14.0. The molecular formula is C12H15BrF3N3. The summed E-state index contributed by atoms with van der Waals surface area (Å²) in [5.41, 5.74) is -0.740. The van der Waals surface area contributed by atoms with E-state index in [1.54, 1.807) is 0 Å². The van der Waals surface area contributed by atoms with Gasteiger partial charge < -0.3 is 10.2 Å². The fraction of sp³-hybridized carbons (Fsp3) is 0.583. The number of likely N-dealkylation sites (N-methyl/N-ethyl adjacent to an activating group) is 1. The first kappa shape index (κ1) is 14.6. The molecule has 1 aromatic heterocycles. The molecule has 1 aliphatic carbocycles. The quantitative estimate of drug-likeness (QED) is 0.892. The first-order valence-corrected chi connectivity index (χ1v) is 6.84. The molecule has 0 spiro atoms. The smallest absolute Gasteiger partial charge is 0.368 e. The summed E-state index contributed by atoms with van der Waals surface area (Å²) in [6, 6.07) is 1.64. The number of halogens is 4. The predicted octanol–water partition coefficient (Wildman–Crippen LogP) is 3.37. The van der Waals surface area contributed by atoms with Gasteiger partial charge in [0, 0.05) is 29.8 Å². The summed E-state index contributed by atoms with van der Waals surface area (Å²) in [4.78, 5) is 5.96. The molecule has 0 aliphatic heterocycles. The van der Waals surface area contributed by atoms with Gasteiger partial charge in [0.15, 0.2) is 0 Å². The molecule has 7 heteroatoms. The second-order valence-electron chi connectivity index (χ2n) is 4.69. The number of pyridine rings is 1. The number of alkyl halides is 3. The van der Waals surface area contributed by atoms with E-state index in [0.29, 0.717) is 23.6 Å². The second kappa shape index (κ2) is 5.66. The molecule has 106 valence electrons. The lowest BCUT2D eigenvalue weighted by atomic mass is 10.2. The summed E-state index contributed by atoms with van der Waals surface area (Å²) < 4.78 is 38.8. The molecule has 0 saturated heterocycles. The van der Waals surface area contributed by atoms with Gasteiger partial charge in [0.1, 0.15) is 5.82 Å².